The van der Waals surface area contributed by atoms with E-state index in [-0.39, 0.29) is 18.0 Å². The summed E-state index contributed by atoms with van der Waals surface area (Å²) in [7, 11) is 0. The first-order valence-electron chi connectivity index (χ1n) is 4.93. The molecule has 0 aliphatic heterocycles. The van der Waals surface area contributed by atoms with Gasteiger partial charge in [-0.25, -0.2) is 4.98 Å². The fourth-order valence-electron chi connectivity index (χ4n) is 1.18. The quantitative estimate of drug-likeness (QED) is 0.680. The molecule has 3 N–H and O–H groups in total. The van der Waals surface area contributed by atoms with Crippen LogP contribution >= 0.6 is 22.6 Å². The summed E-state index contributed by atoms with van der Waals surface area (Å²) in [4.78, 5) is 29.0. The molecule has 1 aliphatic carbocycles. The van der Waals surface area contributed by atoms with E-state index in [1.807, 2.05) is 22.6 Å². The summed E-state index contributed by atoms with van der Waals surface area (Å²) in [6.45, 7) is 0.142. The Morgan fingerprint density at radius 1 is 1.62 bits per heavy atom. The number of anilines is 1. The van der Waals surface area contributed by atoms with E-state index in [0.717, 1.165) is 12.8 Å². The van der Waals surface area contributed by atoms with Crippen molar-refractivity contribution in [2.75, 3.05) is 11.9 Å². The van der Waals surface area contributed by atoms with Crippen LogP contribution in [0.5, 0.6) is 0 Å². The third-order valence-corrected chi connectivity index (χ3v) is 3.16. The lowest BCUT2D eigenvalue weighted by Gasteiger charge is -2.06. The van der Waals surface area contributed by atoms with Crippen LogP contribution in [0, 0.1) is 3.57 Å². The molecule has 6 nitrogen and oxygen atoms in total. The molecule has 2 rings (SSSR count). The van der Waals surface area contributed by atoms with Crippen molar-refractivity contribution in [1.29, 1.82) is 0 Å². The van der Waals surface area contributed by atoms with E-state index < -0.39 is 0 Å². The first-order chi connectivity index (χ1) is 7.66. The average molecular weight is 334 g/mol. The number of aromatic nitrogens is 2. The molecule has 0 unspecified atom stereocenters. The summed E-state index contributed by atoms with van der Waals surface area (Å²) in [5.41, 5.74) is -0.208. The van der Waals surface area contributed by atoms with Gasteiger partial charge in [0.15, 0.2) is 0 Å². The Balaban J connectivity index is 1.90. The molecule has 1 heterocycles. The molecular weight excluding hydrogens is 323 g/mol. The van der Waals surface area contributed by atoms with Gasteiger partial charge in [0, 0.05) is 6.04 Å². The molecule has 1 aliphatic rings. The van der Waals surface area contributed by atoms with Gasteiger partial charge in [-0.3, -0.25) is 9.59 Å². The van der Waals surface area contributed by atoms with Crippen molar-refractivity contribution >= 4 is 34.3 Å². The molecule has 7 heteroatoms. The summed E-state index contributed by atoms with van der Waals surface area (Å²) in [6.07, 6.45) is 3.44. The van der Waals surface area contributed by atoms with Crippen LogP contribution < -0.4 is 16.2 Å². The van der Waals surface area contributed by atoms with E-state index in [4.69, 9.17) is 0 Å². The van der Waals surface area contributed by atoms with Gasteiger partial charge in [-0.2, -0.15) is 0 Å². The molecule has 0 aromatic carbocycles. The number of nitrogens with zero attached hydrogens (tertiary/aromatic N) is 1. The Morgan fingerprint density at radius 2 is 2.38 bits per heavy atom. The van der Waals surface area contributed by atoms with E-state index in [0.29, 0.717) is 15.4 Å². The number of hydrogen-bond acceptors (Lipinski definition) is 4. The van der Waals surface area contributed by atoms with Gasteiger partial charge in [0.1, 0.15) is 9.39 Å². The Labute approximate surface area is 105 Å². The lowest BCUT2D eigenvalue weighted by Crippen LogP contribution is -2.32. The number of H-pyrrole nitrogens is 1. The molecule has 16 heavy (non-hydrogen) atoms. The van der Waals surface area contributed by atoms with Crippen LogP contribution in [0.25, 0.3) is 0 Å². The highest BCUT2D eigenvalue weighted by Gasteiger charge is 2.22. The molecular formula is C9H11IN4O2. The topological polar surface area (TPSA) is 86.9 Å². The molecule has 0 radical (unpaired) electrons. The molecule has 1 saturated carbocycles. The number of carbonyl (C=O) groups excluding carboxylic acids is 1. The Hall–Kier alpha value is -1.12. The molecule has 0 saturated heterocycles. The Bertz CT molecular complexity index is 455. The number of amides is 1. The number of nitrogens with one attached hydrogen (secondary N) is 3. The lowest BCUT2D eigenvalue weighted by atomic mass is 10.5. The van der Waals surface area contributed by atoms with Crippen molar-refractivity contribution in [3.05, 3.63) is 20.3 Å². The first kappa shape index (κ1) is 11.4. The second-order valence-electron chi connectivity index (χ2n) is 3.59. The van der Waals surface area contributed by atoms with Crippen LogP contribution in [0.1, 0.15) is 12.8 Å². The molecule has 0 bridgehead atoms. The predicted molar refractivity (Wildman–Crippen MR) is 67.2 cm³/mol. The summed E-state index contributed by atoms with van der Waals surface area (Å²) < 4.78 is 0.458. The third-order valence-electron chi connectivity index (χ3n) is 2.16. The molecule has 0 atom stereocenters. The number of hydrogen-bond donors (Lipinski definition) is 3. The van der Waals surface area contributed by atoms with Gasteiger partial charge in [0.2, 0.25) is 5.91 Å². The van der Waals surface area contributed by atoms with Crippen molar-refractivity contribution in [3.8, 4) is 0 Å². The Kier molecular flexibility index (Phi) is 3.42. The van der Waals surface area contributed by atoms with Crippen molar-refractivity contribution in [1.82, 2.24) is 15.3 Å². The maximum Gasteiger partial charge on any atom is 0.266 e. The minimum atomic E-state index is -0.208. The predicted octanol–water partition coefficient (Wildman–Crippen LogP) is 0.0650. The highest BCUT2D eigenvalue weighted by atomic mass is 127. The monoisotopic (exact) mass is 334 g/mol. The minimum Gasteiger partial charge on any atom is -0.360 e. The van der Waals surface area contributed by atoms with Crippen LogP contribution in [0.15, 0.2) is 11.1 Å². The van der Waals surface area contributed by atoms with E-state index in [2.05, 4.69) is 20.6 Å². The number of halogens is 1. The van der Waals surface area contributed by atoms with Crippen LogP contribution in [0.2, 0.25) is 0 Å². The van der Waals surface area contributed by atoms with Crippen molar-refractivity contribution in [2.24, 2.45) is 0 Å². The fourth-order valence-corrected chi connectivity index (χ4v) is 1.66. The van der Waals surface area contributed by atoms with Crippen molar-refractivity contribution in [2.45, 2.75) is 18.9 Å². The van der Waals surface area contributed by atoms with Crippen LogP contribution in [-0.2, 0) is 4.79 Å². The summed E-state index contributed by atoms with van der Waals surface area (Å²) >= 11 is 1.89. The van der Waals surface area contributed by atoms with Crippen LogP contribution in [-0.4, -0.2) is 28.5 Å². The SMILES string of the molecule is O=C(CNc1nc[nH]c(=O)c1I)NC1CC1. The second kappa shape index (κ2) is 4.81. The zero-order chi connectivity index (χ0) is 11.5. The number of carbonyl (C=O) groups is 1. The number of aromatic amines is 1. The molecule has 1 fully saturated rings. The van der Waals surface area contributed by atoms with E-state index in [1.54, 1.807) is 0 Å². The highest BCUT2D eigenvalue weighted by Crippen LogP contribution is 2.18. The van der Waals surface area contributed by atoms with Crippen molar-refractivity contribution in [3.63, 3.8) is 0 Å². The van der Waals surface area contributed by atoms with Gasteiger partial charge < -0.3 is 15.6 Å². The second-order valence-corrected chi connectivity index (χ2v) is 4.67. The summed E-state index contributed by atoms with van der Waals surface area (Å²) in [6, 6.07) is 0.348. The Morgan fingerprint density at radius 3 is 3.06 bits per heavy atom. The van der Waals surface area contributed by atoms with Gasteiger partial charge in [-0.05, 0) is 35.4 Å². The molecule has 1 aromatic heterocycles. The first-order valence-corrected chi connectivity index (χ1v) is 6.01. The van der Waals surface area contributed by atoms with Gasteiger partial charge >= 0.3 is 0 Å². The summed E-state index contributed by atoms with van der Waals surface area (Å²) in [5.74, 6) is 0.371. The zero-order valence-corrected chi connectivity index (χ0v) is 10.6. The number of rotatable bonds is 4. The van der Waals surface area contributed by atoms with Crippen molar-refractivity contribution < 1.29 is 4.79 Å². The average Bonchev–Trinajstić information content (AvgIpc) is 3.04. The third kappa shape index (κ3) is 2.94. The summed E-state index contributed by atoms with van der Waals surface area (Å²) in [5, 5.41) is 5.68. The van der Waals surface area contributed by atoms with Gasteiger partial charge in [-0.1, -0.05) is 0 Å². The molecule has 86 valence electrons. The molecule has 1 amide bonds. The maximum absolute atomic E-state index is 11.4. The van der Waals surface area contributed by atoms with E-state index >= 15 is 0 Å². The molecule has 0 spiro atoms. The zero-order valence-electron chi connectivity index (χ0n) is 8.42. The normalized spacial score (nSPS) is 14.6. The van der Waals surface area contributed by atoms with Gasteiger partial charge in [0.25, 0.3) is 5.56 Å². The van der Waals surface area contributed by atoms with E-state index in [1.165, 1.54) is 6.33 Å². The maximum atomic E-state index is 11.4. The van der Waals surface area contributed by atoms with Gasteiger partial charge in [-0.15, -0.1) is 0 Å². The largest absolute Gasteiger partial charge is 0.360 e. The molecule has 1 aromatic rings. The van der Waals surface area contributed by atoms with Crippen LogP contribution in [0.4, 0.5) is 5.82 Å². The fraction of sp³-hybridized carbons (Fsp3) is 0.444. The smallest absolute Gasteiger partial charge is 0.266 e. The minimum absolute atomic E-state index is 0.0691. The van der Waals surface area contributed by atoms with Crippen LogP contribution in [0.3, 0.4) is 0 Å². The standard InChI is InChI=1S/C9H11IN4O2/c10-7-8(12-4-13-9(7)16)11-3-6(15)14-5-1-2-5/h4-5H,1-3H2,(H,14,15)(H2,11,12,13,16). The van der Waals surface area contributed by atoms with E-state index in [9.17, 15) is 9.59 Å². The highest BCUT2D eigenvalue weighted by molar-refractivity contribution is 14.1. The lowest BCUT2D eigenvalue weighted by molar-refractivity contribution is -0.119. The van der Waals surface area contributed by atoms with Gasteiger partial charge in [0.05, 0.1) is 12.9 Å².